The van der Waals surface area contributed by atoms with Gasteiger partial charge in [0.2, 0.25) is 0 Å². The minimum absolute atomic E-state index is 0.0996. The zero-order valence-corrected chi connectivity index (χ0v) is 7.18. The predicted octanol–water partition coefficient (Wildman–Crippen LogP) is 1.56. The van der Waals surface area contributed by atoms with Crippen LogP contribution in [0.15, 0.2) is 21.5 Å². The highest BCUT2D eigenvalue weighted by molar-refractivity contribution is 9.10. The molecule has 1 rings (SSSR count). The van der Waals surface area contributed by atoms with E-state index in [2.05, 4.69) is 23.0 Å². The van der Waals surface area contributed by atoms with Gasteiger partial charge >= 0.3 is 0 Å². The molecule has 1 radical (unpaired) electrons. The molecule has 0 aromatic carbocycles. The second-order valence-electron chi connectivity index (χ2n) is 2.11. The number of hydrogen-bond acceptors (Lipinski definition) is 1. The molecule has 0 unspecified atom stereocenters. The summed E-state index contributed by atoms with van der Waals surface area (Å²) >= 11 is 3.24. The molecule has 1 aromatic rings. The normalized spacial score (nSPS) is 9.90. The maximum atomic E-state index is 10.9. The maximum Gasteiger partial charge on any atom is 0.251 e. The van der Waals surface area contributed by atoms with Gasteiger partial charge in [0.25, 0.3) is 5.56 Å². The van der Waals surface area contributed by atoms with Gasteiger partial charge in [0.15, 0.2) is 0 Å². The third kappa shape index (κ3) is 1.29. The monoisotopic (exact) mass is 200 g/mol. The van der Waals surface area contributed by atoms with Crippen LogP contribution in [-0.2, 0) is 0 Å². The Kier molecular flexibility index (Phi) is 1.94. The fourth-order valence-corrected chi connectivity index (χ4v) is 0.962. The van der Waals surface area contributed by atoms with E-state index in [-0.39, 0.29) is 5.56 Å². The van der Waals surface area contributed by atoms with Gasteiger partial charge in [-0.1, -0.05) is 15.9 Å². The lowest BCUT2D eigenvalue weighted by atomic mass is 10.3. The van der Waals surface area contributed by atoms with Crippen molar-refractivity contribution in [1.82, 2.24) is 4.57 Å². The topological polar surface area (TPSA) is 22.0 Å². The first-order valence-corrected chi connectivity index (χ1v) is 3.60. The van der Waals surface area contributed by atoms with Crippen LogP contribution in [0, 0.1) is 14.0 Å². The summed E-state index contributed by atoms with van der Waals surface area (Å²) in [5.74, 6) is 0. The van der Waals surface area contributed by atoms with Crippen molar-refractivity contribution in [2.75, 3.05) is 0 Å². The average molecular weight is 201 g/mol. The number of rotatable bonds is 0. The molecule has 0 bridgehead atoms. The molecule has 53 valence electrons. The molecule has 0 fully saturated rings. The fraction of sp³-hybridized carbons (Fsp3) is 0.143. The summed E-state index contributed by atoms with van der Waals surface area (Å²) in [6, 6.07) is 1.50. The first kappa shape index (κ1) is 7.54. The fourth-order valence-electron chi connectivity index (χ4n) is 0.664. The van der Waals surface area contributed by atoms with E-state index in [1.807, 2.05) is 6.92 Å². The highest BCUT2D eigenvalue weighted by Crippen LogP contribution is 2.10. The Morgan fingerprint density at radius 2 is 2.30 bits per heavy atom. The number of aryl methyl sites for hydroxylation is 1. The third-order valence-electron chi connectivity index (χ3n) is 1.26. The van der Waals surface area contributed by atoms with Crippen LogP contribution in [0.4, 0.5) is 0 Å². The lowest BCUT2D eigenvalue weighted by Gasteiger charge is -1.99. The smallest absolute Gasteiger partial charge is 0.251 e. The molecule has 0 atom stereocenters. The van der Waals surface area contributed by atoms with Crippen LogP contribution in [0.5, 0.6) is 0 Å². The van der Waals surface area contributed by atoms with Crippen LogP contribution in [0.1, 0.15) is 5.56 Å². The molecule has 0 aliphatic heterocycles. The third-order valence-corrected chi connectivity index (χ3v) is 2.11. The van der Waals surface area contributed by atoms with Gasteiger partial charge in [0.1, 0.15) is 0 Å². The van der Waals surface area contributed by atoms with Crippen molar-refractivity contribution in [1.29, 1.82) is 0 Å². The Bertz CT molecular complexity index is 303. The number of aromatic nitrogens is 1. The summed E-state index contributed by atoms with van der Waals surface area (Å²) in [6.45, 7) is 1.91. The molecular formula is C7H7BrNO. The Morgan fingerprint density at radius 1 is 1.70 bits per heavy atom. The van der Waals surface area contributed by atoms with Gasteiger partial charge in [-0.15, -0.1) is 0 Å². The average Bonchev–Trinajstić information content (AvgIpc) is 1.84. The summed E-state index contributed by atoms with van der Waals surface area (Å²) in [6.07, 6.45) is 1.69. The van der Waals surface area contributed by atoms with E-state index in [1.54, 1.807) is 6.20 Å². The Morgan fingerprint density at radius 3 is 2.80 bits per heavy atom. The lowest BCUT2D eigenvalue weighted by molar-refractivity contribution is 0.971. The van der Waals surface area contributed by atoms with Crippen molar-refractivity contribution in [3.63, 3.8) is 0 Å². The molecule has 0 saturated heterocycles. The molecule has 0 saturated carbocycles. The summed E-state index contributed by atoms with van der Waals surface area (Å²) in [5, 5.41) is 0. The van der Waals surface area contributed by atoms with Gasteiger partial charge in [-0.2, -0.15) is 0 Å². The van der Waals surface area contributed by atoms with Crippen LogP contribution >= 0.6 is 15.9 Å². The summed E-state index contributed by atoms with van der Waals surface area (Å²) < 4.78 is 2.14. The van der Waals surface area contributed by atoms with Gasteiger partial charge in [-0.3, -0.25) is 4.79 Å². The minimum Gasteiger partial charge on any atom is -0.313 e. The molecule has 1 aromatic heterocycles. The molecule has 0 aliphatic carbocycles. The number of nitrogens with zero attached hydrogens (tertiary/aromatic N) is 1. The lowest BCUT2D eigenvalue weighted by Crippen LogP contribution is -2.13. The number of halogens is 1. The number of hydrogen-bond donors (Lipinski definition) is 0. The number of pyridine rings is 1. The van der Waals surface area contributed by atoms with Gasteiger partial charge < -0.3 is 4.57 Å². The van der Waals surface area contributed by atoms with Crippen LogP contribution in [0.3, 0.4) is 0 Å². The summed E-state index contributed by atoms with van der Waals surface area (Å²) in [5.41, 5.74) is 0.909. The molecular weight excluding hydrogens is 194 g/mol. The molecule has 0 N–H and O–H groups in total. The standard InChI is InChI=1S/C7H7BrNO/c1-5-4-9(2)7(10)3-6(5)8/h3-4H,2H2,1H3. The van der Waals surface area contributed by atoms with E-state index >= 15 is 0 Å². The highest BCUT2D eigenvalue weighted by atomic mass is 79.9. The van der Waals surface area contributed by atoms with Crippen molar-refractivity contribution in [2.24, 2.45) is 0 Å². The minimum atomic E-state index is -0.0996. The largest absolute Gasteiger partial charge is 0.313 e. The Labute approximate surface area is 67.6 Å². The highest BCUT2D eigenvalue weighted by Gasteiger charge is 1.95. The molecule has 10 heavy (non-hydrogen) atoms. The van der Waals surface area contributed by atoms with E-state index in [0.717, 1.165) is 10.0 Å². The molecule has 0 aliphatic rings. The first-order chi connectivity index (χ1) is 4.61. The van der Waals surface area contributed by atoms with Crippen LogP contribution in [-0.4, -0.2) is 4.57 Å². The van der Waals surface area contributed by atoms with E-state index in [0.29, 0.717) is 0 Å². The maximum absolute atomic E-state index is 10.9. The van der Waals surface area contributed by atoms with E-state index in [1.165, 1.54) is 10.6 Å². The van der Waals surface area contributed by atoms with E-state index < -0.39 is 0 Å². The molecule has 0 spiro atoms. The van der Waals surface area contributed by atoms with Crippen molar-refractivity contribution < 1.29 is 0 Å². The van der Waals surface area contributed by atoms with Gasteiger partial charge in [-0.05, 0) is 12.5 Å². The van der Waals surface area contributed by atoms with Crippen LogP contribution < -0.4 is 5.56 Å². The first-order valence-electron chi connectivity index (χ1n) is 2.81. The SMILES string of the molecule is [CH2]n1cc(C)c(Br)cc1=O. The predicted molar refractivity (Wildman–Crippen MR) is 43.9 cm³/mol. The van der Waals surface area contributed by atoms with Gasteiger partial charge in [0.05, 0.1) is 0 Å². The second kappa shape index (κ2) is 2.58. The molecule has 3 heteroatoms. The van der Waals surface area contributed by atoms with Crippen molar-refractivity contribution in [3.05, 3.63) is 39.7 Å². The molecule has 1 heterocycles. The molecule has 2 nitrogen and oxygen atoms in total. The Balaban J connectivity index is 3.43. The van der Waals surface area contributed by atoms with Crippen molar-refractivity contribution in [3.8, 4) is 0 Å². The van der Waals surface area contributed by atoms with Gasteiger partial charge in [-0.25, -0.2) is 0 Å². The second-order valence-corrected chi connectivity index (χ2v) is 2.97. The quantitative estimate of drug-likeness (QED) is 0.624. The summed E-state index contributed by atoms with van der Waals surface area (Å²) in [7, 11) is 3.51. The van der Waals surface area contributed by atoms with Crippen molar-refractivity contribution >= 4 is 15.9 Å². The zero-order valence-electron chi connectivity index (χ0n) is 5.60. The zero-order chi connectivity index (χ0) is 7.72. The van der Waals surface area contributed by atoms with Gasteiger partial charge in [0, 0.05) is 23.8 Å². The Hall–Kier alpha value is -0.570. The van der Waals surface area contributed by atoms with Crippen molar-refractivity contribution in [2.45, 2.75) is 6.92 Å². The summed E-state index contributed by atoms with van der Waals surface area (Å²) in [4.78, 5) is 10.9. The molecule has 0 amide bonds. The van der Waals surface area contributed by atoms with E-state index in [9.17, 15) is 4.79 Å². The van der Waals surface area contributed by atoms with Crippen LogP contribution in [0.2, 0.25) is 0 Å². The van der Waals surface area contributed by atoms with Crippen LogP contribution in [0.25, 0.3) is 0 Å². The van der Waals surface area contributed by atoms with E-state index in [4.69, 9.17) is 0 Å².